The molecular formula is C24H33FN2O3. The third kappa shape index (κ3) is 3.87. The summed E-state index contributed by atoms with van der Waals surface area (Å²) in [5, 5.41) is 0. The molecule has 0 spiro atoms. The van der Waals surface area contributed by atoms with Crippen molar-refractivity contribution >= 4 is 5.91 Å². The molecule has 1 aromatic rings. The highest BCUT2D eigenvalue weighted by molar-refractivity contribution is 5.83. The molecule has 3 saturated carbocycles. The summed E-state index contributed by atoms with van der Waals surface area (Å²) in [6, 6.07) is 8.39. The second kappa shape index (κ2) is 8.67. The topological polar surface area (TPSA) is 64.8 Å². The molecule has 2 bridgehead atoms. The van der Waals surface area contributed by atoms with Crippen molar-refractivity contribution in [1.29, 1.82) is 0 Å². The van der Waals surface area contributed by atoms with E-state index in [1.807, 2.05) is 12.1 Å². The zero-order chi connectivity index (χ0) is 21.2. The first kappa shape index (κ1) is 21.3. The van der Waals surface area contributed by atoms with Gasteiger partial charge in [-0.2, -0.15) is 0 Å². The maximum absolute atomic E-state index is 13.4. The largest absolute Gasteiger partial charge is 0.489 e. The smallest absolute Gasteiger partial charge is 0.229 e. The zero-order valence-corrected chi connectivity index (χ0v) is 17.9. The predicted octanol–water partition coefficient (Wildman–Crippen LogP) is 3.72. The molecule has 5 rings (SSSR count). The van der Waals surface area contributed by atoms with Crippen LogP contribution in [0.2, 0.25) is 0 Å². The normalized spacial score (nSPS) is 31.6. The lowest BCUT2D eigenvalue weighted by Gasteiger charge is -2.54. The number of carbonyl (C=O) groups is 1. The summed E-state index contributed by atoms with van der Waals surface area (Å²) in [5.41, 5.74) is 7.23. The number of benzene rings is 1. The van der Waals surface area contributed by atoms with Crippen LogP contribution in [0.1, 0.15) is 51.0 Å². The number of morpholine rings is 1. The van der Waals surface area contributed by atoms with Gasteiger partial charge in [0.2, 0.25) is 5.91 Å². The van der Waals surface area contributed by atoms with Crippen LogP contribution in [0.4, 0.5) is 4.39 Å². The molecule has 0 unspecified atom stereocenters. The van der Waals surface area contributed by atoms with Crippen LogP contribution in [0.5, 0.6) is 5.75 Å². The van der Waals surface area contributed by atoms with E-state index < -0.39 is 0 Å². The molecule has 1 heterocycles. The molecule has 0 radical (unpaired) electrons. The van der Waals surface area contributed by atoms with E-state index >= 15 is 0 Å². The van der Waals surface area contributed by atoms with Crippen molar-refractivity contribution in [2.75, 3.05) is 32.9 Å². The van der Waals surface area contributed by atoms with Gasteiger partial charge in [-0.15, -0.1) is 0 Å². The number of halogens is 1. The third-order valence-electron chi connectivity index (χ3n) is 7.64. The molecule has 164 valence electrons. The summed E-state index contributed by atoms with van der Waals surface area (Å²) in [6.45, 7) is 4.43. The van der Waals surface area contributed by atoms with Crippen LogP contribution in [0, 0.1) is 5.41 Å². The Morgan fingerprint density at radius 2 is 1.90 bits per heavy atom. The predicted molar refractivity (Wildman–Crippen MR) is 114 cm³/mol. The van der Waals surface area contributed by atoms with Crippen LogP contribution in [-0.2, 0) is 14.9 Å². The van der Waals surface area contributed by atoms with Crippen molar-refractivity contribution in [3.05, 3.63) is 41.7 Å². The molecule has 3 aliphatic carbocycles. The Balaban J connectivity index is 1.41. The van der Waals surface area contributed by atoms with Gasteiger partial charge in [-0.05, 0) is 68.6 Å². The first-order chi connectivity index (χ1) is 14.5. The maximum atomic E-state index is 13.4. The lowest BCUT2D eigenvalue weighted by Crippen LogP contribution is -2.57. The van der Waals surface area contributed by atoms with E-state index in [4.69, 9.17) is 15.2 Å². The van der Waals surface area contributed by atoms with Crippen molar-refractivity contribution in [2.45, 2.75) is 56.9 Å². The van der Waals surface area contributed by atoms with Crippen LogP contribution in [0.3, 0.4) is 0 Å². The summed E-state index contributed by atoms with van der Waals surface area (Å²) < 4.78 is 23.8. The standard InChI is InChI=1S/C24H33FN2O3/c1-18-16-29-13-12-27(18)22(28)24-9-6-23(7-10-24,8-11-24)20-2-4-21(5-3-20)30-17-19(14-25)15-26/h2-5,14,18H,6-13,15-17,26H2,1H3/b19-14+/t18-,23?,24?/m0/s1. The molecule has 5 nitrogen and oxygen atoms in total. The van der Waals surface area contributed by atoms with Crippen LogP contribution < -0.4 is 10.5 Å². The van der Waals surface area contributed by atoms with Crippen molar-refractivity contribution in [3.63, 3.8) is 0 Å². The highest BCUT2D eigenvalue weighted by atomic mass is 19.1. The Kier molecular flexibility index (Phi) is 6.16. The van der Waals surface area contributed by atoms with E-state index in [-0.39, 0.29) is 30.0 Å². The van der Waals surface area contributed by atoms with E-state index in [0.29, 0.717) is 31.0 Å². The van der Waals surface area contributed by atoms with Gasteiger partial charge in [0.05, 0.1) is 25.6 Å². The van der Waals surface area contributed by atoms with Gasteiger partial charge in [0, 0.05) is 24.1 Å². The molecule has 1 aliphatic heterocycles. The fourth-order valence-corrected chi connectivity index (χ4v) is 5.49. The molecule has 2 N–H and O–H groups in total. The van der Waals surface area contributed by atoms with Gasteiger partial charge < -0.3 is 20.1 Å². The lowest BCUT2D eigenvalue weighted by molar-refractivity contribution is -0.157. The van der Waals surface area contributed by atoms with Gasteiger partial charge in [0.1, 0.15) is 12.4 Å². The summed E-state index contributed by atoms with van der Waals surface area (Å²) in [7, 11) is 0. The number of ether oxygens (including phenoxy) is 2. The van der Waals surface area contributed by atoms with E-state index in [1.54, 1.807) is 0 Å². The Labute approximate surface area is 178 Å². The van der Waals surface area contributed by atoms with Gasteiger partial charge in [0.25, 0.3) is 0 Å². The number of carbonyl (C=O) groups excluding carboxylic acids is 1. The fraction of sp³-hybridized carbons (Fsp3) is 0.625. The van der Waals surface area contributed by atoms with Crippen molar-refractivity contribution < 1.29 is 18.7 Å². The minimum atomic E-state index is -0.173. The van der Waals surface area contributed by atoms with E-state index in [0.717, 1.165) is 50.8 Å². The van der Waals surface area contributed by atoms with Gasteiger partial charge in [-0.25, -0.2) is 4.39 Å². The number of nitrogens with two attached hydrogens (primary N) is 1. The molecule has 4 aliphatic rings. The van der Waals surface area contributed by atoms with Gasteiger partial charge in [0.15, 0.2) is 0 Å². The Bertz CT molecular complexity index is 768. The van der Waals surface area contributed by atoms with Crippen molar-refractivity contribution in [2.24, 2.45) is 11.1 Å². The average molecular weight is 417 g/mol. The Morgan fingerprint density at radius 3 is 2.47 bits per heavy atom. The molecule has 4 fully saturated rings. The van der Waals surface area contributed by atoms with Gasteiger partial charge >= 0.3 is 0 Å². The highest BCUT2D eigenvalue weighted by Gasteiger charge is 2.54. The molecule has 1 amide bonds. The van der Waals surface area contributed by atoms with E-state index in [1.165, 1.54) is 5.56 Å². The maximum Gasteiger partial charge on any atom is 0.229 e. The molecule has 6 heteroatoms. The Hall–Kier alpha value is -1.92. The summed E-state index contributed by atoms with van der Waals surface area (Å²) in [6.07, 6.45) is 6.58. The summed E-state index contributed by atoms with van der Waals surface area (Å²) in [5.74, 6) is 1.08. The summed E-state index contributed by atoms with van der Waals surface area (Å²) >= 11 is 0. The van der Waals surface area contributed by atoms with Crippen LogP contribution >= 0.6 is 0 Å². The van der Waals surface area contributed by atoms with E-state index in [9.17, 15) is 9.18 Å². The first-order valence-electron chi connectivity index (χ1n) is 11.1. The second-order valence-corrected chi connectivity index (χ2v) is 9.27. The Morgan fingerprint density at radius 1 is 1.23 bits per heavy atom. The van der Waals surface area contributed by atoms with Gasteiger partial charge in [-0.3, -0.25) is 4.79 Å². The molecule has 1 aromatic carbocycles. The number of rotatable bonds is 6. The SMILES string of the molecule is C[C@H]1COCCN1C(=O)C12CCC(c3ccc(OC/C(=C/F)CN)cc3)(CC1)CC2. The highest BCUT2D eigenvalue weighted by Crippen LogP contribution is 2.58. The second-order valence-electron chi connectivity index (χ2n) is 9.27. The minimum Gasteiger partial charge on any atom is -0.489 e. The molecule has 0 aromatic heterocycles. The number of hydrogen-bond donors (Lipinski definition) is 1. The van der Waals surface area contributed by atoms with Crippen LogP contribution in [-0.4, -0.2) is 49.8 Å². The number of hydrogen-bond acceptors (Lipinski definition) is 4. The summed E-state index contributed by atoms with van der Waals surface area (Å²) in [4.78, 5) is 15.5. The van der Waals surface area contributed by atoms with Crippen LogP contribution in [0.25, 0.3) is 0 Å². The van der Waals surface area contributed by atoms with E-state index in [2.05, 4.69) is 24.0 Å². The fourth-order valence-electron chi connectivity index (χ4n) is 5.49. The zero-order valence-electron chi connectivity index (χ0n) is 17.9. The van der Waals surface area contributed by atoms with Crippen molar-refractivity contribution in [3.8, 4) is 5.75 Å². The molecule has 30 heavy (non-hydrogen) atoms. The minimum absolute atomic E-state index is 0.154. The molecule has 1 atom stereocenters. The number of nitrogens with zero attached hydrogens (tertiary/aromatic N) is 1. The lowest BCUT2D eigenvalue weighted by atomic mass is 9.51. The third-order valence-corrected chi connectivity index (χ3v) is 7.64. The number of fused-ring (bicyclic) bond motifs is 3. The van der Waals surface area contributed by atoms with Crippen molar-refractivity contribution in [1.82, 2.24) is 4.90 Å². The average Bonchev–Trinajstić information content (AvgIpc) is 2.81. The molecule has 1 saturated heterocycles. The first-order valence-corrected chi connectivity index (χ1v) is 11.1. The monoisotopic (exact) mass is 416 g/mol. The molecular weight excluding hydrogens is 383 g/mol. The number of amides is 1. The van der Waals surface area contributed by atoms with Crippen LogP contribution in [0.15, 0.2) is 36.2 Å². The quantitative estimate of drug-likeness (QED) is 0.768. The van der Waals surface area contributed by atoms with Gasteiger partial charge in [-0.1, -0.05) is 12.1 Å².